The van der Waals surface area contributed by atoms with Gasteiger partial charge in [0, 0.05) is 30.4 Å². The van der Waals surface area contributed by atoms with Crippen LogP contribution in [0.5, 0.6) is 0 Å². The van der Waals surface area contributed by atoms with Gasteiger partial charge in [0.2, 0.25) is 0 Å². The Morgan fingerprint density at radius 3 is 2.42 bits per heavy atom. The Labute approximate surface area is 200 Å². The second kappa shape index (κ2) is 7.83. The lowest BCUT2D eigenvalue weighted by Gasteiger charge is -2.15. The molecule has 0 bridgehead atoms. The van der Waals surface area contributed by atoms with Crippen molar-refractivity contribution in [3.63, 3.8) is 0 Å². The Hall–Kier alpha value is -4.87. The first-order chi connectivity index (χ1) is 17.3. The van der Waals surface area contributed by atoms with Crippen LogP contribution in [0.1, 0.15) is 5.56 Å². The Morgan fingerprint density at radius 1 is 0.889 bits per heavy atom. The van der Waals surface area contributed by atoms with Crippen molar-refractivity contribution in [1.82, 2.24) is 38.9 Å². The van der Waals surface area contributed by atoms with Gasteiger partial charge in [-0.05, 0) is 35.9 Å². The standard InChI is InChI=1S/C24H15F3N8O/c1-33-21-10-31-19-4-2-14(15-8-28-11-29-9-15)6-17(19)22(21)35(23(33)36)16-3-5-20(34-13-30-12-32-34)18(7-16)24(25,26)27/h2-13H,1H3. The summed E-state index contributed by atoms with van der Waals surface area (Å²) in [5.74, 6) is 0. The van der Waals surface area contributed by atoms with Crippen molar-refractivity contribution >= 4 is 21.9 Å². The van der Waals surface area contributed by atoms with Crippen LogP contribution in [0.4, 0.5) is 13.2 Å². The largest absolute Gasteiger partial charge is 0.418 e. The minimum atomic E-state index is -4.70. The molecule has 0 amide bonds. The van der Waals surface area contributed by atoms with Crippen molar-refractivity contribution < 1.29 is 13.2 Å². The molecule has 6 rings (SSSR count). The Bertz CT molecular complexity index is 1810. The van der Waals surface area contributed by atoms with Crippen molar-refractivity contribution in [2.75, 3.05) is 0 Å². The van der Waals surface area contributed by atoms with E-state index in [0.29, 0.717) is 21.9 Å². The molecule has 0 atom stereocenters. The fraction of sp³-hybridized carbons (Fsp3) is 0.0833. The molecule has 36 heavy (non-hydrogen) atoms. The maximum absolute atomic E-state index is 14.1. The summed E-state index contributed by atoms with van der Waals surface area (Å²) in [6.45, 7) is 0. The van der Waals surface area contributed by atoms with Crippen LogP contribution in [-0.2, 0) is 13.2 Å². The Kier molecular flexibility index (Phi) is 4.71. The zero-order valence-electron chi connectivity index (χ0n) is 18.5. The molecule has 0 radical (unpaired) electrons. The SMILES string of the molecule is Cn1c(=O)n(-c2ccc(-n3cncn3)c(C(F)(F)F)c2)c2c3cc(-c4cncnc4)ccc3ncc21. The number of aromatic nitrogens is 8. The second-order valence-electron chi connectivity index (χ2n) is 8.07. The van der Waals surface area contributed by atoms with Crippen LogP contribution in [0.3, 0.4) is 0 Å². The van der Waals surface area contributed by atoms with Gasteiger partial charge < -0.3 is 0 Å². The lowest BCUT2D eigenvalue weighted by Crippen LogP contribution is -2.21. The molecule has 0 saturated heterocycles. The lowest BCUT2D eigenvalue weighted by molar-refractivity contribution is -0.137. The zero-order valence-corrected chi connectivity index (χ0v) is 18.5. The number of alkyl halides is 3. The van der Waals surface area contributed by atoms with E-state index in [1.165, 1.54) is 40.1 Å². The van der Waals surface area contributed by atoms with Crippen LogP contribution in [0.25, 0.3) is 44.4 Å². The van der Waals surface area contributed by atoms with E-state index < -0.39 is 17.4 Å². The number of benzene rings is 2. The lowest BCUT2D eigenvalue weighted by atomic mass is 10.0. The molecule has 4 aromatic heterocycles. The number of hydrogen-bond donors (Lipinski definition) is 0. The van der Waals surface area contributed by atoms with Gasteiger partial charge in [-0.25, -0.2) is 24.4 Å². The first kappa shape index (κ1) is 21.6. The van der Waals surface area contributed by atoms with E-state index in [-0.39, 0.29) is 11.4 Å². The number of imidazole rings is 1. The third kappa shape index (κ3) is 3.34. The number of aryl methyl sites for hydroxylation is 1. The normalized spacial score (nSPS) is 12.0. The monoisotopic (exact) mass is 488 g/mol. The predicted molar refractivity (Wildman–Crippen MR) is 125 cm³/mol. The third-order valence-electron chi connectivity index (χ3n) is 5.99. The summed E-state index contributed by atoms with van der Waals surface area (Å²) in [5, 5.41) is 4.43. The van der Waals surface area contributed by atoms with Crippen LogP contribution in [-0.4, -0.2) is 38.9 Å². The van der Waals surface area contributed by atoms with E-state index >= 15 is 0 Å². The molecule has 4 heterocycles. The number of nitrogens with zero attached hydrogens (tertiary/aromatic N) is 8. The number of fused-ring (bicyclic) bond motifs is 3. The molecular weight excluding hydrogens is 473 g/mol. The first-order valence-corrected chi connectivity index (χ1v) is 10.6. The highest BCUT2D eigenvalue weighted by atomic mass is 19.4. The van der Waals surface area contributed by atoms with E-state index in [1.807, 2.05) is 12.1 Å². The molecule has 178 valence electrons. The summed E-state index contributed by atoms with van der Waals surface area (Å²) in [7, 11) is 1.55. The molecule has 0 aliphatic rings. The topological polar surface area (TPSA) is 96.3 Å². The summed E-state index contributed by atoms with van der Waals surface area (Å²) < 4.78 is 45.9. The van der Waals surface area contributed by atoms with Gasteiger partial charge in [-0.2, -0.15) is 18.3 Å². The summed E-state index contributed by atoms with van der Waals surface area (Å²) in [6, 6.07) is 9.13. The predicted octanol–water partition coefficient (Wildman–Crippen LogP) is 3.93. The number of rotatable bonds is 3. The molecule has 0 aliphatic carbocycles. The van der Waals surface area contributed by atoms with E-state index in [4.69, 9.17) is 0 Å². The average Bonchev–Trinajstić information content (AvgIpc) is 3.51. The minimum Gasteiger partial charge on any atom is -0.293 e. The highest BCUT2D eigenvalue weighted by Gasteiger charge is 2.35. The van der Waals surface area contributed by atoms with Gasteiger partial charge in [-0.3, -0.25) is 14.1 Å². The molecular formula is C24H15F3N8O. The first-order valence-electron chi connectivity index (χ1n) is 10.6. The molecule has 0 fully saturated rings. The van der Waals surface area contributed by atoms with Crippen molar-refractivity contribution in [2.24, 2.45) is 7.05 Å². The number of hydrogen-bond acceptors (Lipinski definition) is 6. The van der Waals surface area contributed by atoms with Crippen molar-refractivity contribution in [2.45, 2.75) is 6.18 Å². The third-order valence-corrected chi connectivity index (χ3v) is 5.99. The Morgan fingerprint density at radius 2 is 1.69 bits per heavy atom. The molecule has 0 N–H and O–H groups in total. The van der Waals surface area contributed by atoms with Gasteiger partial charge in [-0.1, -0.05) is 6.07 Å². The van der Waals surface area contributed by atoms with E-state index in [1.54, 1.807) is 25.5 Å². The van der Waals surface area contributed by atoms with Crippen LogP contribution in [0.15, 0.2) is 78.8 Å². The maximum atomic E-state index is 14.1. The number of halogens is 3. The molecule has 0 unspecified atom stereocenters. The number of pyridine rings is 1. The molecule has 2 aromatic carbocycles. The van der Waals surface area contributed by atoms with Crippen LogP contribution >= 0.6 is 0 Å². The van der Waals surface area contributed by atoms with Gasteiger partial charge in [0.05, 0.1) is 39.7 Å². The second-order valence-corrected chi connectivity index (χ2v) is 8.07. The summed E-state index contributed by atoms with van der Waals surface area (Å²) in [5.41, 5.74) is 1.42. The van der Waals surface area contributed by atoms with Gasteiger partial charge >= 0.3 is 11.9 Å². The highest BCUT2D eigenvalue weighted by Crippen LogP contribution is 2.36. The molecule has 0 aliphatic heterocycles. The fourth-order valence-electron chi connectivity index (χ4n) is 4.29. The molecule has 6 aromatic rings. The van der Waals surface area contributed by atoms with Crippen molar-refractivity contribution in [1.29, 1.82) is 0 Å². The summed E-state index contributed by atoms with van der Waals surface area (Å²) >= 11 is 0. The zero-order chi connectivity index (χ0) is 25.0. The average molecular weight is 488 g/mol. The van der Waals surface area contributed by atoms with Gasteiger partial charge in [0.25, 0.3) is 0 Å². The van der Waals surface area contributed by atoms with Crippen molar-refractivity contribution in [3.8, 4) is 22.5 Å². The van der Waals surface area contributed by atoms with Crippen molar-refractivity contribution in [3.05, 3.63) is 90.0 Å². The summed E-state index contributed by atoms with van der Waals surface area (Å²) in [4.78, 5) is 29.6. The van der Waals surface area contributed by atoms with Crippen LogP contribution < -0.4 is 5.69 Å². The van der Waals surface area contributed by atoms with Crippen LogP contribution in [0.2, 0.25) is 0 Å². The van der Waals surface area contributed by atoms with E-state index in [2.05, 4.69) is 25.0 Å². The molecule has 9 nitrogen and oxygen atoms in total. The molecule has 0 spiro atoms. The van der Waals surface area contributed by atoms with Gasteiger partial charge in [0.1, 0.15) is 19.0 Å². The van der Waals surface area contributed by atoms with Gasteiger partial charge in [0.15, 0.2) is 0 Å². The van der Waals surface area contributed by atoms with E-state index in [0.717, 1.165) is 28.2 Å². The highest BCUT2D eigenvalue weighted by molar-refractivity contribution is 6.04. The fourth-order valence-corrected chi connectivity index (χ4v) is 4.29. The molecule has 0 saturated carbocycles. The summed E-state index contributed by atoms with van der Waals surface area (Å²) in [6.07, 6.45) is 3.89. The Balaban J connectivity index is 1.66. The van der Waals surface area contributed by atoms with Crippen LogP contribution in [0, 0.1) is 0 Å². The molecule has 12 heteroatoms. The smallest absolute Gasteiger partial charge is 0.293 e. The van der Waals surface area contributed by atoms with E-state index in [9.17, 15) is 18.0 Å². The maximum Gasteiger partial charge on any atom is 0.418 e. The minimum absolute atomic E-state index is 0.0581. The van der Waals surface area contributed by atoms with Gasteiger partial charge in [-0.15, -0.1) is 0 Å². The quantitative estimate of drug-likeness (QED) is 0.375.